The highest BCUT2D eigenvalue weighted by molar-refractivity contribution is 7.89. The zero-order chi connectivity index (χ0) is 23.6. The lowest BCUT2D eigenvalue weighted by Crippen LogP contribution is -2.53. The number of aliphatic carboxylic acids is 1. The molecule has 13 heteroatoms. The topological polar surface area (TPSA) is 100 Å². The molecule has 0 radical (unpaired) electrons. The van der Waals surface area contributed by atoms with Crippen LogP contribution in [0.4, 0.5) is 13.2 Å². The van der Waals surface area contributed by atoms with Crippen molar-refractivity contribution in [2.45, 2.75) is 36.1 Å². The number of carboxylic acid groups (broad SMARTS) is 1. The second-order valence-electron chi connectivity index (χ2n) is 7.51. The number of sulfonamides is 1. The van der Waals surface area contributed by atoms with Crippen molar-refractivity contribution in [3.63, 3.8) is 0 Å². The third kappa shape index (κ3) is 5.57. The molecule has 1 spiro atoms. The maximum absolute atomic E-state index is 12.7. The number of ether oxygens (including phenoxy) is 1. The molecular formula is C19H22F3N3O5S2. The summed E-state index contributed by atoms with van der Waals surface area (Å²) in [6.07, 6.45) is -1.93. The van der Waals surface area contributed by atoms with E-state index in [1.54, 1.807) is 36.7 Å². The van der Waals surface area contributed by atoms with Gasteiger partial charge in [0.05, 0.1) is 6.54 Å². The first kappa shape index (κ1) is 24.4. The lowest BCUT2D eigenvalue weighted by Gasteiger charge is -2.41. The molecule has 4 rings (SSSR count). The Hall–Kier alpha value is -2.22. The van der Waals surface area contributed by atoms with Crippen molar-refractivity contribution in [2.24, 2.45) is 0 Å². The van der Waals surface area contributed by atoms with Crippen LogP contribution in [-0.2, 0) is 21.4 Å². The molecule has 2 aromatic rings. The molecule has 2 aliphatic rings. The van der Waals surface area contributed by atoms with Crippen LogP contribution < -0.4 is 4.74 Å². The van der Waals surface area contributed by atoms with Gasteiger partial charge in [0.15, 0.2) is 0 Å². The number of piperidine rings is 1. The van der Waals surface area contributed by atoms with E-state index in [9.17, 15) is 21.6 Å². The quantitative estimate of drug-likeness (QED) is 0.687. The number of likely N-dealkylation sites (N-methyl/N-ethyl adjacent to an activating group) is 1. The molecule has 0 aliphatic carbocycles. The Labute approximate surface area is 187 Å². The number of hydrogen-bond donors (Lipinski definition) is 1. The first-order valence-electron chi connectivity index (χ1n) is 9.58. The average molecular weight is 494 g/mol. The van der Waals surface area contributed by atoms with Gasteiger partial charge in [0.2, 0.25) is 15.9 Å². The molecule has 32 heavy (non-hydrogen) atoms. The van der Waals surface area contributed by atoms with Crippen LogP contribution >= 0.6 is 11.3 Å². The Morgan fingerprint density at radius 2 is 1.94 bits per heavy atom. The highest BCUT2D eigenvalue weighted by atomic mass is 32.2. The number of hydrogen-bond acceptors (Lipinski definition) is 7. The van der Waals surface area contributed by atoms with Crippen LogP contribution in [0.5, 0.6) is 5.88 Å². The molecule has 1 N–H and O–H groups in total. The lowest BCUT2D eigenvalue weighted by molar-refractivity contribution is -0.192. The summed E-state index contributed by atoms with van der Waals surface area (Å²) in [5, 5.41) is 9.22. The first-order valence-corrected chi connectivity index (χ1v) is 11.9. The number of halogens is 3. The fraction of sp³-hybridized carbons (Fsp3) is 0.474. The summed E-state index contributed by atoms with van der Waals surface area (Å²) in [6.45, 7) is 3.07. The van der Waals surface area contributed by atoms with E-state index in [0.717, 1.165) is 32.5 Å². The minimum atomic E-state index is -5.08. The van der Waals surface area contributed by atoms with E-state index < -0.39 is 27.8 Å². The van der Waals surface area contributed by atoms with Gasteiger partial charge in [0, 0.05) is 50.6 Å². The van der Waals surface area contributed by atoms with Crippen molar-refractivity contribution < 1.29 is 36.2 Å². The van der Waals surface area contributed by atoms with Gasteiger partial charge in [0.25, 0.3) is 0 Å². The van der Waals surface area contributed by atoms with Gasteiger partial charge in [-0.2, -0.15) is 17.5 Å². The molecule has 0 aromatic carbocycles. The van der Waals surface area contributed by atoms with Gasteiger partial charge in [-0.3, -0.25) is 4.90 Å². The molecular weight excluding hydrogens is 471 g/mol. The van der Waals surface area contributed by atoms with E-state index in [0.29, 0.717) is 6.54 Å². The van der Waals surface area contributed by atoms with Crippen molar-refractivity contribution in [3.8, 4) is 5.88 Å². The predicted molar refractivity (Wildman–Crippen MR) is 110 cm³/mol. The van der Waals surface area contributed by atoms with E-state index in [-0.39, 0.29) is 10.8 Å². The average Bonchev–Trinajstić information content (AvgIpc) is 3.20. The smallest absolute Gasteiger partial charge is 0.475 e. The van der Waals surface area contributed by atoms with Crippen LogP contribution in [0.3, 0.4) is 0 Å². The van der Waals surface area contributed by atoms with Crippen molar-refractivity contribution >= 4 is 27.3 Å². The van der Waals surface area contributed by atoms with Gasteiger partial charge in [-0.15, -0.1) is 11.3 Å². The number of nitrogens with zero attached hydrogens (tertiary/aromatic N) is 3. The zero-order valence-corrected chi connectivity index (χ0v) is 18.7. The summed E-state index contributed by atoms with van der Waals surface area (Å²) in [4.78, 5) is 17.0. The first-order chi connectivity index (χ1) is 14.9. The van der Waals surface area contributed by atoms with Crippen LogP contribution in [0.15, 0.2) is 40.7 Å². The van der Waals surface area contributed by atoms with Crippen LogP contribution in [0.1, 0.15) is 17.7 Å². The fourth-order valence-electron chi connectivity index (χ4n) is 3.55. The number of carboxylic acids is 1. The summed E-state index contributed by atoms with van der Waals surface area (Å²) in [5.41, 5.74) is -0.507. The number of pyridine rings is 1. The Bertz CT molecular complexity index is 1040. The number of alkyl halides is 3. The maximum atomic E-state index is 12.7. The van der Waals surface area contributed by atoms with Crippen molar-refractivity contribution in [1.82, 2.24) is 14.2 Å². The highest BCUT2D eigenvalue weighted by Gasteiger charge is 2.44. The van der Waals surface area contributed by atoms with Gasteiger partial charge in [-0.25, -0.2) is 18.2 Å². The Morgan fingerprint density at radius 1 is 1.28 bits per heavy atom. The van der Waals surface area contributed by atoms with Crippen LogP contribution in [0, 0.1) is 0 Å². The maximum Gasteiger partial charge on any atom is 0.490 e. The normalized spacial score (nSPS) is 20.4. The highest BCUT2D eigenvalue weighted by Crippen LogP contribution is 2.37. The van der Waals surface area contributed by atoms with E-state index in [1.807, 2.05) is 0 Å². The number of rotatable bonds is 2. The number of thiophene rings is 1. The Kier molecular flexibility index (Phi) is 7.12. The molecule has 176 valence electrons. The Morgan fingerprint density at radius 3 is 2.50 bits per heavy atom. The van der Waals surface area contributed by atoms with E-state index in [2.05, 4.69) is 27.4 Å². The van der Waals surface area contributed by atoms with Crippen molar-refractivity contribution in [3.05, 3.63) is 40.7 Å². The lowest BCUT2D eigenvalue weighted by atomic mass is 9.90. The van der Waals surface area contributed by atoms with Gasteiger partial charge < -0.3 is 9.84 Å². The largest absolute Gasteiger partial charge is 0.490 e. The number of likely N-dealkylation sites (tertiary alicyclic amines) is 1. The molecule has 0 amide bonds. The van der Waals surface area contributed by atoms with Crippen LogP contribution in [-0.4, -0.2) is 72.1 Å². The molecule has 1 saturated heterocycles. The minimum absolute atomic E-state index is 0.162. The van der Waals surface area contributed by atoms with Gasteiger partial charge in [0.1, 0.15) is 10.5 Å². The summed E-state index contributed by atoms with van der Waals surface area (Å²) in [5.74, 6) is -2.52. The van der Waals surface area contributed by atoms with Crippen LogP contribution in [0.25, 0.3) is 0 Å². The summed E-state index contributed by atoms with van der Waals surface area (Å²) >= 11 is 1.77. The fourth-order valence-corrected chi connectivity index (χ4v) is 5.60. The molecule has 8 nitrogen and oxygen atoms in total. The monoisotopic (exact) mass is 493 g/mol. The molecule has 0 unspecified atom stereocenters. The SMILES string of the molecule is CN1CC2(CCN(Cc3cccs3)CC2)Oc2ncccc2S1(=O)=O.O=C(O)C(F)(F)F. The Balaban J connectivity index is 0.000000360. The van der Waals surface area contributed by atoms with Gasteiger partial charge in [-0.05, 0) is 23.6 Å². The molecule has 0 saturated carbocycles. The number of carbonyl (C=O) groups is 1. The number of aromatic nitrogens is 1. The summed E-state index contributed by atoms with van der Waals surface area (Å²) in [6, 6.07) is 7.42. The molecule has 0 bridgehead atoms. The standard InChI is InChI=1S/C17H21N3O3S2.C2HF3O2/c1-19-13-17(23-16-15(25(19,21)22)5-2-8-18-16)6-9-20(10-7-17)12-14-4-3-11-24-14;3-2(4,5)1(6)7/h2-5,8,11H,6-7,9-10,12-13H2,1H3;(H,6,7). The van der Waals surface area contributed by atoms with E-state index >= 15 is 0 Å². The van der Waals surface area contributed by atoms with Crippen molar-refractivity contribution in [2.75, 3.05) is 26.7 Å². The third-order valence-corrected chi connectivity index (χ3v) is 7.90. The number of fused-ring (bicyclic) bond motifs is 1. The van der Waals surface area contributed by atoms with E-state index in [1.165, 1.54) is 9.18 Å². The molecule has 0 atom stereocenters. The zero-order valence-electron chi connectivity index (χ0n) is 17.1. The minimum Gasteiger partial charge on any atom is -0.475 e. The molecule has 2 aromatic heterocycles. The van der Waals surface area contributed by atoms with Gasteiger partial charge in [-0.1, -0.05) is 6.07 Å². The second-order valence-corrected chi connectivity index (χ2v) is 10.6. The second kappa shape index (κ2) is 9.33. The van der Waals surface area contributed by atoms with Gasteiger partial charge >= 0.3 is 12.1 Å². The van der Waals surface area contributed by atoms with E-state index in [4.69, 9.17) is 14.6 Å². The predicted octanol–water partition coefficient (Wildman–Crippen LogP) is 2.82. The molecule has 1 fully saturated rings. The molecule has 2 aliphatic heterocycles. The van der Waals surface area contributed by atoms with Crippen LogP contribution in [0.2, 0.25) is 0 Å². The summed E-state index contributed by atoms with van der Waals surface area (Å²) in [7, 11) is -1.93. The molecule has 4 heterocycles. The third-order valence-electron chi connectivity index (χ3n) is 5.22. The summed E-state index contributed by atoms with van der Waals surface area (Å²) < 4.78 is 64.8. The van der Waals surface area contributed by atoms with Crippen molar-refractivity contribution in [1.29, 1.82) is 0 Å².